The van der Waals surface area contributed by atoms with Crippen molar-refractivity contribution in [3.8, 4) is 0 Å². The number of carbonyl (C=O) groups excluding carboxylic acids is 3. The molecule has 1 unspecified atom stereocenters. The summed E-state index contributed by atoms with van der Waals surface area (Å²) in [6, 6.07) is 9.47. The number of nitrogens with zero attached hydrogens (tertiary/aromatic N) is 4. The lowest BCUT2D eigenvalue weighted by molar-refractivity contribution is -0.137. The van der Waals surface area contributed by atoms with Gasteiger partial charge in [-0.1, -0.05) is 19.1 Å². The molecule has 3 aromatic rings. The standard InChI is InChI=1S/C29H32N6O3/c1-29(11-12-29)28(38)33-14-9-19(10-15-33)34-17-18(16-31-34)32-22-7-8-23-25-20(22)4-2-5-21(25)27(37)35(23)24-6-3-13-30-26(24)36/h2,4-5,7-8,16-17,19,24,32H,3,6,9-15H2,1H3,(H,30,36). The molecule has 2 saturated heterocycles. The Morgan fingerprint density at radius 2 is 1.92 bits per heavy atom. The summed E-state index contributed by atoms with van der Waals surface area (Å²) in [5.74, 6) is 0.113. The van der Waals surface area contributed by atoms with Crippen molar-refractivity contribution in [3.63, 3.8) is 0 Å². The van der Waals surface area contributed by atoms with Crippen LogP contribution in [0.2, 0.25) is 0 Å². The predicted octanol–water partition coefficient (Wildman–Crippen LogP) is 3.98. The molecule has 1 aliphatic carbocycles. The summed E-state index contributed by atoms with van der Waals surface area (Å²) in [7, 11) is 0. The molecule has 1 atom stereocenters. The number of benzene rings is 2. The molecule has 4 aliphatic rings. The zero-order valence-corrected chi connectivity index (χ0v) is 21.6. The van der Waals surface area contributed by atoms with Crippen LogP contribution in [0.15, 0.2) is 42.7 Å². The van der Waals surface area contributed by atoms with E-state index >= 15 is 0 Å². The van der Waals surface area contributed by atoms with Gasteiger partial charge < -0.3 is 15.5 Å². The van der Waals surface area contributed by atoms with E-state index in [9.17, 15) is 14.4 Å². The van der Waals surface area contributed by atoms with E-state index in [1.54, 1.807) is 4.90 Å². The minimum Gasteiger partial charge on any atom is -0.354 e. The molecule has 3 aliphatic heterocycles. The fourth-order valence-corrected chi connectivity index (χ4v) is 6.30. The largest absolute Gasteiger partial charge is 0.354 e. The van der Waals surface area contributed by atoms with E-state index in [1.165, 1.54) is 0 Å². The fraction of sp³-hybridized carbons (Fsp3) is 0.448. The van der Waals surface area contributed by atoms with Gasteiger partial charge in [-0.2, -0.15) is 5.10 Å². The molecular formula is C29H32N6O3. The summed E-state index contributed by atoms with van der Waals surface area (Å²) in [4.78, 5) is 42.4. The molecule has 2 N–H and O–H groups in total. The molecule has 0 spiro atoms. The van der Waals surface area contributed by atoms with Crippen molar-refractivity contribution in [2.75, 3.05) is 29.9 Å². The lowest BCUT2D eigenvalue weighted by atomic mass is 10.0. The highest BCUT2D eigenvalue weighted by molar-refractivity contribution is 6.28. The number of likely N-dealkylation sites (tertiary alicyclic amines) is 1. The minimum atomic E-state index is -0.474. The van der Waals surface area contributed by atoms with Crippen molar-refractivity contribution in [3.05, 3.63) is 48.3 Å². The van der Waals surface area contributed by atoms with Crippen molar-refractivity contribution in [1.82, 2.24) is 20.0 Å². The number of hydrogen-bond donors (Lipinski definition) is 2. The minimum absolute atomic E-state index is 0.0860. The first kappa shape index (κ1) is 23.3. The van der Waals surface area contributed by atoms with E-state index in [1.807, 2.05) is 52.3 Å². The van der Waals surface area contributed by atoms with Crippen molar-refractivity contribution in [2.45, 2.75) is 57.5 Å². The second-order valence-corrected chi connectivity index (χ2v) is 11.4. The zero-order chi connectivity index (χ0) is 26.0. The Morgan fingerprint density at radius 3 is 2.68 bits per heavy atom. The van der Waals surface area contributed by atoms with Gasteiger partial charge in [-0.25, -0.2) is 0 Å². The van der Waals surface area contributed by atoms with Gasteiger partial charge in [0.15, 0.2) is 0 Å². The molecule has 3 fully saturated rings. The van der Waals surface area contributed by atoms with Crippen molar-refractivity contribution >= 4 is 45.6 Å². The maximum absolute atomic E-state index is 13.4. The number of rotatable bonds is 5. The van der Waals surface area contributed by atoms with Gasteiger partial charge >= 0.3 is 0 Å². The average Bonchev–Trinajstić information content (AvgIpc) is 3.40. The normalized spacial score (nSPS) is 22.6. The highest BCUT2D eigenvalue weighted by Crippen LogP contribution is 2.47. The number of aromatic nitrogens is 2. The molecule has 3 amide bonds. The van der Waals surface area contributed by atoms with Crippen LogP contribution in [0.5, 0.6) is 0 Å². The highest BCUT2D eigenvalue weighted by atomic mass is 16.2. The third-order valence-corrected chi connectivity index (χ3v) is 8.82. The van der Waals surface area contributed by atoms with Gasteiger partial charge in [0.2, 0.25) is 11.8 Å². The molecule has 7 rings (SSSR count). The quantitative estimate of drug-likeness (QED) is 0.539. The Bertz CT molecular complexity index is 1470. The van der Waals surface area contributed by atoms with Crippen LogP contribution in [0, 0.1) is 5.41 Å². The molecular weight excluding hydrogens is 480 g/mol. The van der Waals surface area contributed by atoms with E-state index in [0.717, 1.165) is 73.0 Å². The Hall–Kier alpha value is -3.88. The van der Waals surface area contributed by atoms with E-state index in [0.29, 0.717) is 24.4 Å². The number of anilines is 3. The summed E-state index contributed by atoms with van der Waals surface area (Å²) >= 11 is 0. The molecule has 0 radical (unpaired) electrons. The van der Waals surface area contributed by atoms with Gasteiger partial charge in [-0.15, -0.1) is 0 Å². The number of hydrogen-bond acceptors (Lipinski definition) is 5. The second-order valence-electron chi connectivity index (χ2n) is 11.4. The molecule has 9 heteroatoms. The first-order valence-electron chi connectivity index (χ1n) is 13.7. The Morgan fingerprint density at radius 1 is 1.11 bits per heavy atom. The van der Waals surface area contributed by atoms with Gasteiger partial charge in [0.25, 0.3) is 5.91 Å². The number of piperidine rings is 2. The topological polar surface area (TPSA) is 99.6 Å². The summed E-state index contributed by atoms with van der Waals surface area (Å²) in [5, 5.41) is 12.9. The third-order valence-electron chi connectivity index (χ3n) is 8.82. The van der Waals surface area contributed by atoms with Crippen molar-refractivity contribution in [2.24, 2.45) is 5.41 Å². The summed E-state index contributed by atoms with van der Waals surface area (Å²) < 4.78 is 2.01. The third kappa shape index (κ3) is 3.67. The Kier molecular flexibility index (Phi) is 5.25. The van der Waals surface area contributed by atoms with E-state index in [2.05, 4.69) is 22.7 Å². The maximum Gasteiger partial charge on any atom is 0.259 e. The van der Waals surface area contributed by atoms with Crippen LogP contribution in [0.3, 0.4) is 0 Å². The van der Waals surface area contributed by atoms with Gasteiger partial charge in [-0.05, 0) is 56.7 Å². The summed E-state index contributed by atoms with van der Waals surface area (Å²) in [5.41, 5.74) is 3.09. The van der Waals surface area contributed by atoms with E-state index in [-0.39, 0.29) is 23.3 Å². The number of amides is 3. The van der Waals surface area contributed by atoms with Crippen LogP contribution < -0.4 is 15.5 Å². The number of nitrogens with one attached hydrogen (secondary N) is 2. The van der Waals surface area contributed by atoms with Crippen LogP contribution in [0.25, 0.3) is 10.8 Å². The predicted molar refractivity (Wildman–Crippen MR) is 144 cm³/mol. The van der Waals surface area contributed by atoms with Gasteiger partial charge in [0.05, 0.1) is 23.6 Å². The molecule has 2 aromatic carbocycles. The van der Waals surface area contributed by atoms with Crippen LogP contribution in [-0.4, -0.2) is 58.1 Å². The number of carbonyl (C=O) groups is 3. The van der Waals surface area contributed by atoms with Crippen molar-refractivity contribution in [1.29, 1.82) is 0 Å². The van der Waals surface area contributed by atoms with Gasteiger partial charge in [0, 0.05) is 53.3 Å². The molecule has 4 heterocycles. The smallest absolute Gasteiger partial charge is 0.259 e. The van der Waals surface area contributed by atoms with Gasteiger partial charge in [-0.3, -0.25) is 24.0 Å². The van der Waals surface area contributed by atoms with Crippen LogP contribution >= 0.6 is 0 Å². The molecule has 38 heavy (non-hydrogen) atoms. The maximum atomic E-state index is 13.4. The lowest BCUT2D eigenvalue weighted by Gasteiger charge is -2.33. The van der Waals surface area contributed by atoms with Crippen LogP contribution in [0.4, 0.5) is 17.1 Å². The van der Waals surface area contributed by atoms with Crippen LogP contribution in [0.1, 0.15) is 61.8 Å². The van der Waals surface area contributed by atoms with Crippen LogP contribution in [-0.2, 0) is 9.59 Å². The Labute approximate surface area is 221 Å². The van der Waals surface area contributed by atoms with E-state index < -0.39 is 6.04 Å². The lowest BCUT2D eigenvalue weighted by Crippen LogP contribution is -2.51. The zero-order valence-electron chi connectivity index (χ0n) is 21.6. The molecule has 0 bridgehead atoms. The molecule has 196 valence electrons. The molecule has 9 nitrogen and oxygen atoms in total. The molecule has 1 saturated carbocycles. The monoisotopic (exact) mass is 512 g/mol. The molecule has 1 aromatic heterocycles. The SMILES string of the molecule is CC1(C(=O)N2CCC(n3cc(Nc4ccc5c6c(cccc46)C(=O)N5C4CCCNC4=O)cn3)CC2)CC1. The van der Waals surface area contributed by atoms with E-state index in [4.69, 9.17) is 0 Å². The average molecular weight is 513 g/mol. The second kappa shape index (κ2) is 8.58. The van der Waals surface area contributed by atoms with Gasteiger partial charge in [0.1, 0.15) is 6.04 Å². The van der Waals surface area contributed by atoms with Crippen molar-refractivity contribution < 1.29 is 14.4 Å². The first-order chi connectivity index (χ1) is 18.4. The first-order valence-corrected chi connectivity index (χ1v) is 13.7. The summed E-state index contributed by atoms with van der Waals surface area (Å²) in [6.45, 7) is 4.29. The highest BCUT2D eigenvalue weighted by Gasteiger charge is 2.47. The fourth-order valence-electron chi connectivity index (χ4n) is 6.30. The Balaban J connectivity index is 1.10. The summed E-state index contributed by atoms with van der Waals surface area (Å²) in [6.07, 6.45) is 9.20.